The number of nitrogens with one attached hydrogen (secondary N) is 1. The Labute approximate surface area is 216 Å². The molecule has 12 heteroatoms. The van der Waals surface area contributed by atoms with Gasteiger partial charge in [-0.15, -0.1) is 11.3 Å². The number of ether oxygens (including phenoxy) is 1. The molecule has 1 amide bonds. The first-order chi connectivity index (χ1) is 17.5. The third kappa shape index (κ3) is 7.45. The lowest BCUT2D eigenvalue weighted by Gasteiger charge is -2.17. The van der Waals surface area contributed by atoms with Crippen LogP contribution in [-0.4, -0.2) is 65.4 Å². The molecule has 3 rings (SSSR count). The van der Waals surface area contributed by atoms with Crippen molar-refractivity contribution in [2.45, 2.75) is 39.8 Å². The maximum atomic E-state index is 13.2. The minimum Gasteiger partial charge on any atom is -0.491 e. The summed E-state index contributed by atoms with van der Waals surface area (Å²) in [5.74, 6) is -2.51. The second-order valence-electron chi connectivity index (χ2n) is 8.13. The number of aliphatic carboxylic acids is 1. The second-order valence-corrected chi connectivity index (χ2v) is 9.15. The van der Waals surface area contributed by atoms with Crippen molar-refractivity contribution < 1.29 is 32.6 Å². The Morgan fingerprint density at radius 1 is 1.16 bits per heavy atom. The van der Waals surface area contributed by atoms with Crippen molar-refractivity contribution in [3.8, 4) is 5.75 Å². The molecule has 0 aliphatic heterocycles. The van der Waals surface area contributed by atoms with Crippen molar-refractivity contribution in [2.75, 3.05) is 32.8 Å². The molecule has 0 aliphatic rings. The number of carbonyl (C=O) groups excluding carboxylic acids is 1. The zero-order chi connectivity index (χ0) is 27.8. The molecular weight excluding hydrogens is 511 g/mol. The number of thiophene rings is 1. The monoisotopic (exact) mass is 543 g/mol. The molecule has 37 heavy (non-hydrogen) atoms. The van der Waals surface area contributed by atoms with Gasteiger partial charge in [0.2, 0.25) is 0 Å². The summed E-state index contributed by atoms with van der Waals surface area (Å²) in [5, 5.41) is 11.6. The minimum atomic E-state index is -5.08. The number of pyridine rings is 1. The number of rotatable bonds is 10. The lowest BCUT2D eigenvalue weighted by molar-refractivity contribution is -0.192. The third-order valence-electron chi connectivity index (χ3n) is 5.69. The summed E-state index contributed by atoms with van der Waals surface area (Å²) in [7, 11) is 1.77. The minimum absolute atomic E-state index is 0.131. The molecule has 0 spiro atoms. The maximum Gasteiger partial charge on any atom is 0.490 e. The van der Waals surface area contributed by atoms with E-state index in [-0.39, 0.29) is 11.5 Å². The largest absolute Gasteiger partial charge is 0.491 e. The second kappa shape index (κ2) is 13.4. The number of aromatic nitrogens is 1. The normalized spacial score (nSPS) is 11.5. The SMILES string of the molecule is CCCCOc1c(C(=O)NCCN(CC)CC)sc2c1c(=O)n(C)c1ccccc21.O=C(O)C(F)(F)F. The van der Waals surface area contributed by atoms with Crippen LogP contribution in [0.2, 0.25) is 0 Å². The van der Waals surface area contributed by atoms with Crippen LogP contribution in [-0.2, 0) is 11.8 Å². The molecule has 2 N–H and O–H groups in total. The standard InChI is InChI=1S/C23H31N3O3S.C2HF3O2/c1-5-8-15-29-19-18-20(16-11-9-10-12-17(16)25(4)23(18)28)30-21(19)22(27)24-13-14-26(6-2)7-3;3-2(4,5)1(6)7/h9-12H,5-8,13-15H2,1-4H3,(H,24,27);(H,6,7). The predicted octanol–water partition coefficient (Wildman–Crippen LogP) is 4.64. The molecule has 0 bridgehead atoms. The van der Waals surface area contributed by atoms with E-state index in [4.69, 9.17) is 14.6 Å². The van der Waals surface area contributed by atoms with E-state index in [9.17, 15) is 22.8 Å². The van der Waals surface area contributed by atoms with Gasteiger partial charge in [-0.25, -0.2) is 4.79 Å². The molecule has 8 nitrogen and oxygen atoms in total. The molecule has 1 aromatic carbocycles. The molecule has 0 saturated heterocycles. The molecule has 2 aromatic heterocycles. The summed E-state index contributed by atoms with van der Waals surface area (Å²) in [5.41, 5.74) is 0.721. The van der Waals surface area contributed by atoms with Crippen molar-refractivity contribution in [1.82, 2.24) is 14.8 Å². The van der Waals surface area contributed by atoms with E-state index in [2.05, 4.69) is 31.0 Å². The quantitative estimate of drug-likeness (QED) is 0.362. The highest BCUT2D eigenvalue weighted by Gasteiger charge is 2.38. The summed E-state index contributed by atoms with van der Waals surface area (Å²) >= 11 is 1.35. The van der Waals surface area contributed by atoms with Gasteiger partial charge in [-0.3, -0.25) is 9.59 Å². The molecule has 2 heterocycles. The lowest BCUT2D eigenvalue weighted by Crippen LogP contribution is -2.34. The number of benzene rings is 1. The Morgan fingerprint density at radius 2 is 1.78 bits per heavy atom. The number of carboxylic acid groups (broad SMARTS) is 1. The number of alkyl halides is 3. The summed E-state index contributed by atoms with van der Waals surface area (Å²) < 4.78 is 40.2. The van der Waals surface area contributed by atoms with E-state index >= 15 is 0 Å². The highest BCUT2D eigenvalue weighted by molar-refractivity contribution is 7.22. The van der Waals surface area contributed by atoms with Crippen LogP contribution in [0.5, 0.6) is 5.75 Å². The number of carboxylic acids is 1. The molecule has 0 saturated carbocycles. The highest BCUT2D eigenvalue weighted by Crippen LogP contribution is 2.39. The number of fused-ring (bicyclic) bond motifs is 3. The number of carbonyl (C=O) groups is 2. The molecule has 204 valence electrons. The fourth-order valence-electron chi connectivity index (χ4n) is 3.59. The van der Waals surface area contributed by atoms with Gasteiger partial charge in [-0.2, -0.15) is 13.2 Å². The van der Waals surface area contributed by atoms with Gasteiger partial charge in [-0.05, 0) is 25.6 Å². The molecule has 0 unspecified atom stereocenters. The number of nitrogens with zero attached hydrogens (tertiary/aromatic N) is 2. The van der Waals surface area contributed by atoms with Gasteiger partial charge >= 0.3 is 12.1 Å². The van der Waals surface area contributed by atoms with Crippen LogP contribution in [0.3, 0.4) is 0 Å². The molecule has 3 aromatic rings. The predicted molar refractivity (Wildman–Crippen MR) is 139 cm³/mol. The van der Waals surface area contributed by atoms with Crippen LogP contribution in [0.15, 0.2) is 29.1 Å². The Hall–Kier alpha value is -3.12. The molecule has 0 radical (unpaired) electrons. The molecule has 0 atom stereocenters. The van der Waals surface area contributed by atoms with Gasteiger partial charge in [0, 0.05) is 25.5 Å². The fourth-order valence-corrected chi connectivity index (χ4v) is 4.78. The van der Waals surface area contributed by atoms with Gasteiger partial charge in [0.1, 0.15) is 10.3 Å². The van der Waals surface area contributed by atoms with E-state index in [0.29, 0.717) is 29.2 Å². The van der Waals surface area contributed by atoms with Crippen LogP contribution < -0.4 is 15.6 Å². The van der Waals surface area contributed by atoms with E-state index in [0.717, 1.165) is 48.1 Å². The Kier molecular flexibility index (Phi) is 10.9. The lowest BCUT2D eigenvalue weighted by atomic mass is 10.1. The number of halogens is 3. The molecular formula is C25H32F3N3O5S. The average Bonchev–Trinajstić information content (AvgIpc) is 3.25. The summed E-state index contributed by atoms with van der Waals surface area (Å²) in [6, 6.07) is 7.79. The summed E-state index contributed by atoms with van der Waals surface area (Å²) in [6.45, 7) is 10.0. The molecule has 0 fully saturated rings. The number of amides is 1. The van der Waals surface area contributed by atoms with Gasteiger partial charge in [0.15, 0.2) is 5.75 Å². The Morgan fingerprint density at radius 3 is 2.35 bits per heavy atom. The maximum absolute atomic E-state index is 13.2. The van der Waals surface area contributed by atoms with Crippen molar-refractivity contribution in [3.63, 3.8) is 0 Å². The number of hydrogen-bond donors (Lipinski definition) is 2. The van der Waals surface area contributed by atoms with E-state index in [1.54, 1.807) is 11.6 Å². The number of likely N-dealkylation sites (N-methyl/N-ethyl adjacent to an activating group) is 1. The van der Waals surface area contributed by atoms with Crippen LogP contribution in [0.1, 0.15) is 43.3 Å². The van der Waals surface area contributed by atoms with E-state index < -0.39 is 12.1 Å². The van der Waals surface area contributed by atoms with E-state index in [1.807, 2.05) is 24.3 Å². The van der Waals surface area contributed by atoms with Crippen LogP contribution in [0.4, 0.5) is 13.2 Å². The number of para-hydroxylation sites is 1. The Balaban J connectivity index is 0.000000604. The average molecular weight is 544 g/mol. The zero-order valence-electron chi connectivity index (χ0n) is 21.3. The zero-order valence-corrected chi connectivity index (χ0v) is 22.1. The molecule has 0 aliphatic carbocycles. The van der Waals surface area contributed by atoms with Crippen LogP contribution in [0.25, 0.3) is 21.0 Å². The first-order valence-electron chi connectivity index (χ1n) is 11.9. The van der Waals surface area contributed by atoms with E-state index in [1.165, 1.54) is 11.3 Å². The Bertz CT molecular complexity index is 1280. The van der Waals surface area contributed by atoms with Crippen molar-refractivity contribution in [2.24, 2.45) is 7.05 Å². The van der Waals surface area contributed by atoms with Crippen molar-refractivity contribution in [3.05, 3.63) is 39.5 Å². The topological polar surface area (TPSA) is 101 Å². The third-order valence-corrected chi connectivity index (χ3v) is 6.90. The van der Waals surface area contributed by atoms with Gasteiger partial charge in [-0.1, -0.05) is 45.4 Å². The van der Waals surface area contributed by atoms with Crippen molar-refractivity contribution in [1.29, 1.82) is 0 Å². The first kappa shape index (κ1) is 30.1. The van der Waals surface area contributed by atoms with Gasteiger partial charge in [0.05, 0.1) is 16.8 Å². The smallest absolute Gasteiger partial charge is 0.490 e. The number of hydrogen-bond acceptors (Lipinski definition) is 6. The fraction of sp³-hybridized carbons (Fsp3) is 0.480. The summed E-state index contributed by atoms with van der Waals surface area (Å²) in [6.07, 6.45) is -3.23. The first-order valence-corrected chi connectivity index (χ1v) is 12.8. The van der Waals surface area contributed by atoms with Crippen molar-refractivity contribution >= 4 is 44.2 Å². The summed E-state index contributed by atoms with van der Waals surface area (Å²) in [4.78, 5) is 37.8. The van der Waals surface area contributed by atoms with Crippen LogP contribution >= 0.6 is 11.3 Å². The number of unbranched alkanes of at least 4 members (excludes halogenated alkanes) is 1. The van der Waals surface area contributed by atoms with Gasteiger partial charge < -0.3 is 24.6 Å². The number of aryl methyl sites for hydroxylation is 1. The van der Waals surface area contributed by atoms with Gasteiger partial charge in [0.25, 0.3) is 11.5 Å². The van der Waals surface area contributed by atoms with Crippen LogP contribution in [0, 0.1) is 0 Å². The highest BCUT2D eigenvalue weighted by atomic mass is 32.1.